The van der Waals surface area contributed by atoms with Gasteiger partial charge >= 0.3 is 0 Å². The van der Waals surface area contributed by atoms with Crippen molar-refractivity contribution in [2.24, 2.45) is 11.8 Å². The number of hydrogen-bond donors (Lipinski definition) is 0. The molecule has 80 valence electrons. The summed E-state index contributed by atoms with van der Waals surface area (Å²) in [6.07, 6.45) is 3.61. The van der Waals surface area contributed by atoms with E-state index in [4.69, 9.17) is 0 Å². The number of likely N-dealkylation sites (tertiary alicyclic amines) is 1. The van der Waals surface area contributed by atoms with E-state index in [9.17, 15) is 4.79 Å². The molecule has 1 aromatic heterocycles. The van der Waals surface area contributed by atoms with Gasteiger partial charge in [-0.15, -0.1) is 0 Å². The Hall–Kier alpha value is -1.38. The first-order chi connectivity index (χ1) is 7.13. The summed E-state index contributed by atoms with van der Waals surface area (Å²) < 4.78 is 0. The smallest absolute Gasteiger partial charge is 0.226 e. The van der Waals surface area contributed by atoms with Gasteiger partial charge in [0.25, 0.3) is 0 Å². The van der Waals surface area contributed by atoms with Gasteiger partial charge in [0.15, 0.2) is 0 Å². The van der Waals surface area contributed by atoms with Crippen LogP contribution in [-0.2, 0) is 4.79 Å². The Morgan fingerprint density at radius 2 is 2.13 bits per heavy atom. The molecule has 3 heteroatoms. The molecule has 1 aliphatic heterocycles. The molecule has 1 fully saturated rings. The second kappa shape index (κ2) is 3.65. The minimum atomic E-state index is 0.111. The number of nitrogens with zero attached hydrogens (tertiary/aromatic N) is 2. The van der Waals surface area contributed by atoms with E-state index in [1.807, 2.05) is 37.2 Å². The van der Waals surface area contributed by atoms with E-state index < -0.39 is 0 Å². The molecule has 0 aliphatic carbocycles. The molecule has 0 bridgehead atoms. The summed E-state index contributed by atoms with van der Waals surface area (Å²) in [5.41, 5.74) is 1.13. The Balaban J connectivity index is 2.35. The van der Waals surface area contributed by atoms with Gasteiger partial charge in [0.1, 0.15) is 0 Å². The summed E-state index contributed by atoms with van der Waals surface area (Å²) in [7, 11) is 1.88. The normalized spacial score (nSPS) is 31.0. The Bertz CT molecular complexity index is 363. The van der Waals surface area contributed by atoms with E-state index in [2.05, 4.69) is 11.9 Å². The van der Waals surface area contributed by atoms with Crippen molar-refractivity contribution < 1.29 is 4.79 Å². The molecule has 0 radical (unpaired) electrons. The summed E-state index contributed by atoms with van der Waals surface area (Å²) in [6, 6.07) is 4.14. The molecule has 1 saturated heterocycles. The second-order valence-corrected chi connectivity index (χ2v) is 4.33. The molecule has 3 unspecified atom stereocenters. The molecule has 0 N–H and O–H groups in total. The predicted molar refractivity (Wildman–Crippen MR) is 58.1 cm³/mol. The maximum Gasteiger partial charge on any atom is 0.226 e. The van der Waals surface area contributed by atoms with E-state index in [1.54, 1.807) is 6.20 Å². The first-order valence-corrected chi connectivity index (χ1v) is 5.29. The quantitative estimate of drug-likeness (QED) is 0.699. The van der Waals surface area contributed by atoms with Gasteiger partial charge in [-0.1, -0.05) is 19.9 Å². The van der Waals surface area contributed by atoms with Crippen LogP contribution >= 0.6 is 0 Å². The van der Waals surface area contributed by atoms with Crippen molar-refractivity contribution in [1.82, 2.24) is 9.88 Å². The highest BCUT2D eigenvalue weighted by atomic mass is 16.2. The molecule has 2 rings (SSSR count). The Morgan fingerprint density at radius 1 is 1.40 bits per heavy atom. The van der Waals surface area contributed by atoms with Gasteiger partial charge in [-0.3, -0.25) is 9.78 Å². The number of carbonyl (C=O) groups excluding carboxylic acids is 1. The summed E-state index contributed by atoms with van der Waals surface area (Å²) >= 11 is 0. The molecule has 3 nitrogen and oxygen atoms in total. The monoisotopic (exact) mass is 204 g/mol. The van der Waals surface area contributed by atoms with Gasteiger partial charge in [-0.2, -0.15) is 0 Å². The summed E-state index contributed by atoms with van der Waals surface area (Å²) in [5.74, 6) is 0.697. The van der Waals surface area contributed by atoms with Crippen LogP contribution in [-0.4, -0.2) is 22.8 Å². The van der Waals surface area contributed by atoms with Crippen molar-refractivity contribution in [2.45, 2.75) is 19.9 Å². The third-order valence-electron chi connectivity index (χ3n) is 3.47. The van der Waals surface area contributed by atoms with Gasteiger partial charge in [-0.25, -0.2) is 0 Å². The Kier molecular flexibility index (Phi) is 2.47. The Labute approximate surface area is 90.1 Å². The molecule has 1 aromatic rings. The zero-order valence-electron chi connectivity index (χ0n) is 9.34. The van der Waals surface area contributed by atoms with Crippen LogP contribution in [0.4, 0.5) is 0 Å². The standard InChI is InChI=1S/C12H16N2O/c1-8-9(2)12(15)14(3)11(8)10-5-4-6-13-7-10/h4-9,11H,1-3H3. The van der Waals surface area contributed by atoms with Gasteiger partial charge in [0.2, 0.25) is 5.91 Å². The van der Waals surface area contributed by atoms with Crippen molar-refractivity contribution in [2.75, 3.05) is 7.05 Å². The van der Waals surface area contributed by atoms with Crippen LogP contribution in [0.1, 0.15) is 25.5 Å². The summed E-state index contributed by atoms with van der Waals surface area (Å²) in [4.78, 5) is 17.8. The van der Waals surface area contributed by atoms with Crippen LogP contribution in [0.15, 0.2) is 24.5 Å². The molecule has 1 amide bonds. The lowest BCUT2D eigenvalue weighted by atomic mass is 9.90. The molecular weight excluding hydrogens is 188 g/mol. The molecule has 0 saturated carbocycles. The molecule has 0 aromatic carbocycles. The summed E-state index contributed by atoms with van der Waals surface area (Å²) in [6.45, 7) is 4.13. The minimum absolute atomic E-state index is 0.111. The van der Waals surface area contributed by atoms with E-state index in [1.165, 1.54) is 0 Å². The molecule has 2 heterocycles. The lowest BCUT2D eigenvalue weighted by molar-refractivity contribution is -0.130. The van der Waals surface area contributed by atoms with Crippen molar-refractivity contribution in [3.8, 4) is 0 Å². The third kappa shape index (κ3) is 1.52. The minimum Gasteiger partial charge on any atom is -0.338 e. The van der Waals surface area contributed by atoms with Gasteiger partial charge < -0.3 is 4.90 Å². The maximum atomic E-state index is 11.8. The van der Waals surface area contributed by atoms with Crippen molar-refractivity contribution in [1.29, 1.82) is 0 Å². The van der Waals surface area contributed by atoms with Crippen LogP contribution in [0, 0.1) is 11.8 Å². The lowest BCUT2D eigenvalue weighted by Gasteiger charge is -2.22. The van der Waals surface area contributed by atoms with Crippen LogP contribution < -0.4 is 0 Å². The second-order valence-electron chi connectivity index (χ2n) is 4.33. The molecular formula is C12H16N2O. The van der Waals surface area contributed by atoms with Crippen LogP contribution in [0.2, 0.25) is 0 Å². The first kappa shape index (κ1) is 10.1. The highest BCUT2D eigenvalue weighted by Gasteiger charge is 2.41. The fourth-order valence-electron chi connectivity index (χ4n) is 2.39. The van der Waals surface area contributed by atoms with E-state index in [0.29, 0.717) is 5.92 Å². The number of pyridine rings is 1. The number of carbonyl (C=O) groups is 1. The average molecular weight is 204 g/mol. The number of rotatable bonds is 1. The fourth-order valence-corrected chi connectivity index (χ4v) is 2.39. The first-order valence-electron chi connectivity index (χ1n) is 5.29. The number of amides is 1. The lowest BCUT2D eigenvalue weighted by Crippen LogP contribution is -2.24. The maximum absolute atomic E-state index is 11.8. The fraction of sp³-hybridized carbons (Fsp3) is 0.500. The molecule has 0 spiro atoms. The van der Waals surface area contributed by atoms with E-state index in [0.717, 1.165) is 5.56 Å². The van der Waals surface area contributed by atoms with E-state index in [-0.39, 0.29) is 17.9 Å². The number of aromatic nitrogens is 1. The van der Waals surface area contributed by atoms with Crippen molar-refractivity contribution in [3.63, 3.8) is 0 Å². The van der Waals surface area contributed by atoms with Gasteiger partial charge in [0, 0.05) is 25.4 Å². The predicted octanol–water partition coefficient (Wildman–Crippen LogP) is 1.87. The highest BCUT2D eigenvalue weighted by Crippen LogP contribution is 2.39. The topological polar surface area (TPSA) is 33.2 Å². The van der Waals surface area contributed by atoms with Crippen molar-refractivity contribution in [3.05, 3.63) is 30.1 Å². The average Bonchev–Trinajstić information content (AvgIpc) is 2.45. The largest absolute Gasteiger partial charge is 0.338 e. The zero-order valence-corrected chi connectivity index (χ0v) is 9.34. The van der Waals surface area contributed by atoms with Crippen LogP contribution in [0.25, 0.3) is 0 Å². The molecule has 15 heavy (non-hydrogen) atoms. The molecule has 1 aliphatic rings. The SMILES string of the molecule is CC1C(=O)N(C)C(c2cccnc2)C1C. The van der Waals surface area contributed by atoms with Gasteiger partial charge in [-0.05, 0) is 17.5 Å². The summed E-state index contributed by atoms with van der Waals surface area (Å²) in [5, 5.41) is 0. The molecule has 3 atom stereocenters. The van der Waals surface area contributed by atoms with Crippen LogP contribution in [0.3, 0.4) is 0 Å². The third-order valence-corrected chi connectivity index (χ3v) is 3.47. The van der Waals surface area contributed by atoms with E-state index >= 15 is 0 Å². The zero-order chi connectivity index (χ0) is 11.0. The van der Waals surface area contributed by atoms with Gasteiger partial charge in [0.05, 0.1) is 6.04 Å². The Morgan fingerprint density at radius 3 is 2.60 bits per heavy atom. The van der Waals surface area contributed by atoms with Crippen molar-refractivity contribution >= 4 is 5.91 Å². The number of hydrogen-bond acceptors (Lipinski definition) is 2. The highest BCUT2D eigenvalue weighted by molar-refractivity contribution is 5.81. The van der Waals surface area contributed by atoms with Crippen LogP contribution in [0.5, 0.6) is 0 Å².